The van der Waals surface area contributed by atoms with Crippen LogP contribution in [0.4, 0.5) is 5.82 Å². The van der Waals surface area contributed by atoms with E-state index >= 15 is 0 Å². The summed E-state index contributed by atoms with van der Waals surface area (Å²) >= 11 is 5.97. The Hall–Kier alpha value is -1.33. The van der Waals surface area contributed by atoms with E-state index < -0.39 is 0 Å². The molecule has 0 aliphatic rings. The van der Waals surface area contributed by atoms with E-state index in [0.717, 1.165) is 0 Å². The van der Waals surface area contributed by atoms with Gasteiger partial charge in [-0.1, -0.05) is 11.6 Å². The highest BCUT2D eigenvalue weighted by Crippen LogP contribution is 2.16. The molecular weight excluding hydrogens is 228 g/mol. The Balaban J connectivity index is 2.65. The number of hydrogen-bond donors (Lipinski definition) is 2. The molecule has 0 fully saturated rings. The molecule has 0 saturated heterocycles. The van der Waals surface area contributed by atoms with Crippen molar-refractivity contribution in [1.82, 2.24) is 15.2 Å². The van der Waals surface area contributed by atoms with Gasteiger partial charge < -0.3 is 11.1 Å². The molecule has 5 nitrogen and oxygen atoms in total. The Morgan fingerprint density at radius 3 is 2.94 bits per heavy atom. The van der Waals surface area contributed by atoms with Gasteiger partial charge in [-0.3, -0.25) is 9.69 Å². The number of carbonyl (C=O) groups excluding carboxylic acids is 1. The van der Waals surface area contributed by atoms with E-state index in [1.807, 2.05) is 11.9 Å². The zero-order chi connectivity index (χ0) is 12.1. The van der Waals surface area contributed by atoms with Crippen LogP contribution in [0.25, 0.3) is 0 Å². The third-order valence-corrected chi connectivity index (χ3v) is 2.40. The zero-order valence-electron chi connectivity index (χ0n) is 9.33. The first-order valence-corrected chi connectivity index (χ1v) is 5.20. The molecule has 16 heavy (non-hydrogen) atoms. The predicted octanol–water partition coefficient (Wildman–Crippen LogP) is 0.495. The SMILES string of the molecule is CNC(=O)CN(C)Cc1nc(N)ccc1Cl. The standard InChI is InChI=1S/C10H15ClN4O/c1-13-10(16)6-15(2)5-8-7(11)3-4-9(12)14-8/h3-4H,5-6H2,1-2H3,(H2,12,14)(H,13,16). The third kappa shape index (κ3) is 3.67. The lowest BCUT2D eigenvalue weighted by Crippen LogP contribution is -2.32. The summed E-state index contributed by atoms with van der Waals surface area (Å²) in [6, 6.07) is 3.34. The fraction of sp³-hybridized carbons (Fsp3) is 0.400. The zero-order valence-corrected chi connectivity index (χ0v) is 10.1. The van der Waals surface area contributed by atoms with E-state index in [1.54, 1.807) is 19.2 Å². The van der Waals surface area contributed by atoms with Crippen LogP contribution in [0.15, 0.2) is 12.1 Å². The quantitative estimate of drug-likeness (QED) is 0.807. The molecule has 1 amide bonds. The lowest BCUT2D eigenvalue weighted by molar-refractivity contribution is -0.121. The summed E-state index contributed by atoms with van der Waals surface area (Å²) in [6.07, 6.45) is 0. The van der Waals surface area contributed by atoms with Crippen LogP contribution in [0, 0.1) is 0 Å². The van der Waals surface area contributed by atoms with Gasteiger partial charge in [0, 0.05) is 13.6 Å². The number of anilines is 1. The molecule has 6 heteroatoms. The van der Waals surface area contributed by atoms with Crippen LogP contribution >= 0.6 is 11.6 Å². The van der Waals surface area contributed by atoms with Crippen LogP contribution in [-0.2, 0) is 11.3 Å². The number of nitrogens with two attached hydrogens (primary N) is 1. The minimum atomic E-state index is -0.0532. The molecular formula is C10H15ClN4O. The number of hydrogen-bond acceptors (Lipinski definition) is 4. The molecule has 0 aromatic carbocycles. The van der Waals surface area contributed by atoms with Crippen molar-refractivity contribution in [1.29, 1.82) is 0 Å². The van der Waals surface area contributed by atoms with Crippen molar-refractivity contribution in [2.75, 3.05) is 26.4 Å². The Morgan fingerprint density at radius 2 is 2.31 bits per heavy atom. The number of likely N-dealkylation sites (N-methyl/N-ethyl adjacent to an activating group) is 2. The second-order valence-electron chi connectivity index (χ2n) is 3.51. The van der Waals surface area contributed by atoms with Gasteiger partial charge in [0.05, 0.1) is 17.3 Å². The molecule has 1 rings (SSSR count). The van der Waals surface area contributed by atoms with Crippen molar-refractivity contribution < 1.29 is 4.79 Å². The minimum absolute atomic E-state index is 0.0532. The number of nitrogens with zero attached hydrogens (tertiary/aromatic N) is 2. The first-order valence-electron chi connectivity index (χ1n) is 4.83. The highest BCUT2D eigenvalue weighted by atomic mass is 35.5. The van der Waals surface area contributed by atoms with Crippen molar-refractivity contribution >= 4 is 23.3 Å². The maximum Gasteiger partial charge on any atom is 0.233 e. The van der Waals surface area contributed by atoms with Gasteiger partial charge in [0.25, 0.3) is 0 Å². The maximum atomic E-state index is 11.1. The van der Waals surface area contributed by atoms with Gasteiger partial charge in [-0.15, -0.1) is 0 Å². The smallest absolute Gasteiger partial charge is 0.233 e. The Kier molecular flexibility index (Phi) is 4.52. The Bertz CT molecular complexity index is 383. The summed E-state index contributed by atoms with van der Waals surface area (Å²) in [5, 5.41) is 3.10. The molecule has 3 N–H and O–H groups in total. The van der Waals surface area contributed by atoms with Crippen LogP contribution in [0.3, 0.4) is 0 Å². The molecule has 1 aromatic rings. The molecule has 0 bridgehead atoms. The fourth-order valence-electron chi connectivity index (χ4n) is 1.25. The van der Waals surface area contributed by atoms with Crippen LogP contribution < -0.4 is 11.1 Å². The second-order valence-corrected chi connectivity index (χ2v) is 3.92. The first kappa shape index (κ1) is 12.7. The molecule has 1 aromatic heterocycles. The normalized spacial score (nSPS) is 10.5. The predicted molar refractivity (Wildman–Crippen MR) is 64.1 cm³/mol. The van der Waals surface area contributed by atoms with Gasteiger partial charge >= 0.3 is 0 Å². The molecule has 0 unspecified atom stereocenters. The van der Waals surface area contributed by atoms with Gasteiger partial charge in [0.1, 0.15) is 5.82 Å². The van der Waals surface area contributed by atoms with Crippen LogP contribution in [0.1, 0.15) is 5.69 Å². The Labute approximate surface area is 99.6 Å². The average molecular weight is 243 g/mol. The molecule has 1 heterocycles. The fourth-order valence-corrected chi connectivity index (χ4v) is 1.41. The Morgan fingerprint density at radius 1 is 1.62 bits per heavy atom. The van der Waals surface area contributed by atoms with Crippen molar-refractivity contribution in [2.45, 2.75) is 6.54 Å². The van der Waals surface area contributed by atoms with E-state index in [1.165, 1.54) is 0 Å². The van der Waals surface area contributed by atoms with Crippen molar-refractivity contribution in [3.8, 4) is 0 Å². The third-order valence-electron chi connectivity index (χ3n) is 2.05. The second kappa shape index (κ2) is 5.67. The summed E-state index contributed by atoms with van der Waals surface area (Å²) in [7, 11) is 3.42. The molecule has 0 saturated carbocycles. The van der Waals surface area contributed by atoms with Crippen molar-refractivity contribution in [2.24, 2.45) is 0 Å². The van der Waals surface area contributed by atoms with Gasteiger partial charge in [0.2, 0.25) is 5.91 Å². The lowest BCUT2D eigenvalue weighted by Gasteiger charge is -2.15. The van der Waals surface area contributed by atoms with Gasteiger partial charge in [0.15, 0.2) is 0 Å². The number of halogens is 1. The summed E-state index contributed by atoms with van der Waals surface area (Å²) in [4.78, 5) is 17.1. The van der Waals surface area contributed by atoms with Crippen molar-refractivity contribution in [3.05, 3.63) is 22.8 Å². The molecule has 0 aliphatic heterocycles. The summed E-state index contributed by atoms with van der Waals surface area (Å²) < 4.78 is 0. The van der Waals surface area contributed by atoms with E-state index in [0.29, 0.717) is 29.6 Å². The number of pyridine rings is 1. The first-order chi connectivity index (χ1) is 7.52. The van der Waals surface area contributed by atoms with Crippen molar-refractivity contribution in [3.63, 3.8) is 0 Å². The number of rotatable bonds is 4. The van der Waals surface area contributed by atoms with Crippen LogP contribution in [0.5, 0.6) is 0 Å². The molecule has 0 atom stereocenters. The molecule has 0 spiro atoms. The highest BCUT2D eigenvalue weighted by Gasteiger charge is 2.09. The van der Waals surface area contributed by atoms with E-state index in [2.05, 4.69) is 10.3 Å². The van der Waals surface area contributed by atoms with Gasteiger partial charge in [-0.25, -0.2) is 4.98 Å². The van der Waals surface area contributed by atoms with Crippen LogP contribution in [0.2, 0.25) is 5.02 Å². The topological polar surface area (TPSA) is 71.2 Å². The minimum Gasteiger partial charge on any atom is -0.384 e. The number of carbonyl (C=O) groups is 1. The number of nitrogen functional groups attached to an aromatic ring is 1. The number of nitrogens with one attached hydrogen (secondary N) is 1. The monoisotopic (exact) mass is 242 g/mol. The van der Waals surface area contributed by atoms with E-state index in [4.69, 9.17) is 17.3 Å². The number of aromatic nitrogens is 1. The largest absolute Gasteiger partial charge is 0.384 e. The summed E-state index contributed by atoms with van der Waals surface area (Å²) in [5.74, 6) is 0.371. The molecule has 0 radical (unpaired) electrons. The molecule has 88 valence electrons. The maximum absolute atomic E-state index is 11.1. The van der Waals surface area contributed by atoms with E-state index in [9.17, 15) is 4.79 Å². The van der Waals surface area contributed by atoms with Gasteiger partial charge in [-0.2, -0.15) is 0 Å². The van der Waals surface area contributed by atoms with Gasteiger partial charge in [-0.05, 0) is 19.2 Å². The summed E-state index contributed by atoms with van der Waals surface area (Å²) in [5.41, 5.74) is 6.24. The summed E-state index contributed by atoms with van der Waals surface area (Å²) in [6.45, 7) is 0.778. The van der Waals surface area contributed by atoms with E-state index in [-0.39, 0.29) is 5.91 Å². The van der Waals surface area contributed by atoms with Crippen LogP contribution in [-0.4, -0.2) is 36.4 Å². The number of amides is 1. The average Bonchev–Trinajstić information content (AvgIpc) is 2.23. The molecule has 0 aliphatic carbocycles. The highest BCUT2D eigenvalue weighted by molar-refractivity contribution is 6.31. The lowest BCUT2D eigenvalue weighted by atomic mass is 10.3.